The molecule has 14 heavy (non-hydrogen) atoms. The molecule has 1 aromatic rings. The molecule has 0 aliphatic rings. The van der Waals surface area contributed by atoms with E-state index >= 15 is 0 Å². The molecule has 1 nitrogen and oxygen atoms in total. The first-order chi connectivity index (χ1) is 6.77. The van der Waals surface area contributed by atoms with Gasteiger partial charge in [-0.3, -0.25) is 0 Å². The van der Waals surface area contributed by atoms with Crippen molar-refractivity contribution in [2.75, 3.05) is 11.9 Å². The smallest absolute Gasteiger partial charge is 0.0475 e. The van der Waals surface area contributed by atoms with E-state index in [0.29, 0.717) is 0 Å². The van der Waals surface area contributed by atoms with Gasteiger partial charge in [-0.25, -0.2) is 0 Å². The van der Waals surface area contributed by atoms with E-state index in [2.05, 4.69) is 66.0 Å². The van der Waals surface area contributed by atoms with Crippen molar-refractivity contribution >= 4 is 28.3 Å². The molecule has 0 amide bonds. The second kappa shape index (κ2) is 6.27. The molecule has 0 radical (unpaired) electrons. The first-order valence-corrected chi connectivity index (χ1v) is 6.34. The van der Waals surface area contributed by atoms with E-state index in [1.54, 1.807) is 0 Å². The fourth-order valence-corrected chi connectivity index (χ4v) is 2.01. The van der Waals surface area contributed by atoms with E-state index < -0.39 is 0 Å². The summed E-state index contributed by atoms with van der Waals surface area (Å²) in [4.78, 5) is 0. The maximum atomic E-state index is 3.51. The summed E-state index contributed by atoms with van der Waals surface area (Å²) in [6, 6.07) is 8.43. The largest absolute Gasteiger partial charge is 0.384 e. The molecule has 0 saturated heterocycles. The Kier molecular flexibility index (Phi) is 5.30. The third-order valence-electron chi connectivity index (χ3n) is 2.61. The molecule has 0 bridgehead atoms. The number of para-hydroxylation sites is 1. The van der Waals surface area contributed by atoms with Crippen LogP contribution in [0, 0.1) is 9.49 Å². The van der Waals surface area contributed by atoms with Crippen molar-refractivity contribution in [2.24, 2.45) is 5.92 Å². The third kappa shape index (κ3) is 3.48. The third-order valence-corrected chi connectivity index (χ3v) is 3.55. The molecule has 0 saturated carbocycles. The van der Waals surface area contributed by atoms with Crippen molar-refractivity contribution in [3.05, 3.63) is 27.8 Å². The average molecular weight is 303 g/mol. The van der Waals surface area contributed by atoms with Gasteiger partial charge in [0.05, 0.1) is 0 Å². The van der Waals surface area contributed by atoms with Crippen molar-refractivity contribution in [1.29, 1.82) is 0 Å². The number of hydrogen-bond donors (Lipinski definition) is 1. The summed E-state index contributed by atoms with van der Waals surface area (Å²) in [6.45, 7) is 5.60. The maximum absolute atomic E-state index is 3.51. The van der Waals surface area contributed by atoms with Gasteiger partial charge in [0.1, 0.15) is 0 Å². The van der Waals surface area contributed by atoms with Gasteiger partial charge < -0.3 is 5.32 Å². The molecule has 0 aliphatic heterocycles. The molecule has 1 aromatic carbocycles. The SMILES string of the molecule is CCC(CC)CNc1ccccc1I. The maximum Gasteiger partial charge on any atom is 0.0475 e. The van der Waals surface area contributed by atoms with Gasteiger partial charge in [0.2, 0.25) is 0 Å². The lowest BCUT2D eigenvalue weighted by molar-refractivity contribution is 0.519. The van der Waals surface area contributed by atoms with Crippen LogP contribution in [0.2, 0.25) is 0 Å². The Balaban J connectivity index is 2.49. The number of nitrogens with one attached hydrogen (secondary N) is 1. The molecule has 0 atom stereocenters. The minimum Gasteiger partial charge on any atom is -0.384 e. The Labute approximate surface area is 100 Å². The number of rotatable bonds is 5. The van der Waals surface area contributed by atoms with Crippen molar-refractivity contribution < 1.29 is 0 Å². The number of hydrogen-bond acceptors (Lipinski definition) is 1. The highest BCUT2D eigenvalue weighted by Crippen LogP contribution is 2.18. The van der Waals surface area contributed by atoms with Crippen LogP contribution in [0.5, 0.6) is 0 Å². The van der Waals surface area contributed by atoms with Crippen LogP contribution < -0.4 is 5.32 Å². The summed E-state index contributed by atoms with van der Waals surface area (Å²) in [5, 5.41) is 3.51. The minimum atomic E-state index is 0.797. The van der Waals surface area contributed by atoms with Crippen LogP contribution in [0.25, 0.3) is 0 Å². The van der Waals surface area contributed by atoms with E-state index in [-0.39, 0.29) is 0 Å². The summed E-state index contributed by atoms with van der Waals surface area (Å²) < 4.78 is 1.30. The predicted molar refractivity (Wildman–Crippen MR) is 71.7 cm³/mol. The lowest BCUT2D eigenvalue weighted by Gasteiger charge is -2.15. The Morgan fingerprint density at radius 2 is 1.86 bits per heavy atom. The molecule has 78 valence electrons. The summed E-state index contributed by atoms with van der Waals surface area (Å²) in [5.74, 6) is 0.797. The van der Waals surface area contributed by atoms with Crippen LogP contribution >= 0.6 is 22.6 Å². The zero-order chi connectivity index (χ0) is 10.4. The van der Waals surface area contributed by atoms with Crippen LogP contribution in [0.4, 0.5) is 5.69 Å². The molecule has 1 N–H and O–H groups in total. The zero-order valence-electron chi connectivity index (χ0n) is 8.89. The lowest BCUT2D eigenvalue weighted by atomic mass is 10.0. The van der Waals surface area contributed by atoms with Crippen LogP contribution in [0.3, 0.4) is 0 Å². The highest BCUT2D eigenvalue weighted by Gasteiger charge is 2.03. The van der Waals surface area contributed by atoms with Gasteiger partial charge in [-0.05, 0) is 40.6 Å². The molecule has 0 unspecified atom stereocenters. The minimum absolute atomic E-state index is 0.797. The van der Waals surface area contributed by atoms with Crippen molar-refractivity contribution in [1.82, 2.24) is 0 Å². The molecular formula is C12H18IN. The second-order valence-corrected chi connectivity index (χ2v) is 4.71. The molecule has 0 heterocycles. The van der Waals surface area contributed by atoms with Crippen molar-refractivity contribution in [3.63, 3.8) is 0 Å². The summed E-state index contributed by atoms with van der Waals surface area (Å²) in [5.41, 5.74) is 1.26. The fraction of sp³-hybridized carbons (Fsp3) is 0.500. The molecule has 2 heteroatoms. The van der Waals surface area contributed by atoms with E-state index in [9.17, 15) is 0 Å². The first kappa shape index (κ1) is 11.8. The zero-order valence-corrected chi connectivity index (χ0v) is 11.0. The lowest BCUT2D eigenvalue weighted by Crippen LogP contribution is -2.13. The van der Waals surface area contributed by atoms with Crippen molar-refractivity contribution in [3.8, 4) is 0 Å². The summed E-state index contributed by atoms with van der Waals surface area (Å²) in [6.07, 6.45) is 2.51. The Bertz CT molecular complexity index is 269. The number of benzene rings is 1. The topological polar surface area (TPSA) is 12.0 Å². The average Bonchev–Trinajstić information content (AvgIpc) is 2.22. The van der Waals surface area contributed by atoms with Crippen LogP contribution in [0.15, 0.2) is 24.3 Å². The Morgan fingerprint density at radius 3 is 2.43 bits per heavy atom. The quantitative estimate of drug-likeness (QED) is 0.806. The van der Waals surface area contributed by atoms with Gasteiger partial charge in [-0.1, -0.05) is 38.8 Å². The monoisotopic (exact) mass is 303 g/mol. The summed E-state index contributed by atoms with van der Waals surface area (Å²) >= 11 is 2.37. The Hall–Kier alpha value is -0.250. The van der Waals surface area contributed by atoms with E-state index in [0.717, 1.165) is 12.5 Å². The first-order valence-electron chi connectivity index (χ1n) is 5.26. The fourth-order valence-electron chi connectivity index (χ4n) is 1.44. The van der Waals surface area contributed by atoms with E-state index in [4.69, 9.17) is 0 Å². The molecule has 0 fully saturated rings. The van der Waals surface area contributed by atoms with Crippen LogP contribution in [0.1, 0.15) is 26.7 Å². The van der Waals surface area contributed by atoms with Gasteiger partial charge in [0.15, 0.2) is 0 Å². The van der Waals surface area contributed by atoms with E-state index in [1.165, 1.54) is 22.1 Å². The number of anilines is 1. The van der Waals surface area contributed by atoms with Gasteiger partial charge in [-0.15, -0.1) is 0 Å². The van der Waals surface area contributed by atoms with Crippen LogP contribution in [-0.2, 0) is 0 Å². The second-order valence-electron chi connectivity index (χ2n) is 3.54. The molecular weight excluding hydrogens is 285 g/mol. The molecule has 0 aromatic heterocycles. The predicted octanol–water partition coefficient (Wildman–Crippen LogP) is 4.14. The molecule has 0 aliphatic carbocycles. The van der Waals surface area contributed by atoms with Gasteiger partial charge in [0, 0.05) is 15.8 Å². The normalized spacial score (nSPS) is 10.6. The van der Waals surface area contributed by atoms with Crippen molar-refractivity contribution in [2.45, 2.75) is 26.7 Å². The van der Waals surface area contributed by atoms with Gasteiger partial charge in [-0.2, -0.15) is 0 Å². The van der Waals surface area contributed by atoms with E-state index in [1.807, 2.05) is 0 Å². The number of halogens is 1. The molecule has 0 spiro atoms. The van der Waals surface area contributed by atoms with Crippen LogP contribution in [-0.4, -0.2) is 6.54 Å². The van der Waals surface area contributed by atoms with Gasteiger partial charge in [0.25, 0.3) is 0 Å². The standard InChI is InChI=1S/C12H18IN/c1-3-10(4-2)9-14-12-8-6-5-7-11(12)13/h5-8,10,14H,3-4,9H2,1-2H3. The van der Waals surface area contributed by atoms with Gasteiger partial charge >= 0.3 is 0 Å². The highest BCUT2D eigenvalue weighted by atomic mass is 127. The highest BCUT2D eigenvalue weighted by molar-refractivity contribution is 14.1. The molecule has 1 rings (SSSR count). The summed E-state index contributed by atoms with van der Waals surface area (Å²) in [7, 11) is 0. The Morgan fingerprint density at radius 1 is 1.21 bits per heavy atom.